The Bertz CT molecular complexity index is 198. The zero-order valence-corrected chi connectivity index (χ0v) is 17.6. The molecular weight excluding hydrogens is 369 g/mol. The van der Waals surface area contributed by atoms with Gasteiger partial charge in [0.05, 0.1) is 0 Å². The van der Waals surface area contributed by atoms with Crippen molar-refractivity contribution < 1.29 is 0 Å². The molecule has 0 saturated carbocycles. The minimum Gasteiger partial charge on any atom is -0.325 e. The minimum absolute atomic E-state index is 0. The zero-order chi connectivity index (χ0) is 15.3. The summed E-state index contributed by atoms with van der Waals surface area (Å²) in [6, 6.07) is 0. The largest absolute Gasteiger partial charge is 0.325 e. The Morgan fingerprint density at radius 3 is 1.52 bits per heavy atom. The van der Waals surface area contributed by atoms with Gasteiger partial charge in [0, 0.05) is 5.54 Å². The average Bonchev–Trinajstić information content (AvgIpc) is 2.46. The number of hydrogen-bond acceptors (Lipinski definition) is 1. The topological polar surface area (TPSA) is 26.0 Å². The van der Waals surface area contributed by atoms with Crippen molar-refractivity contribution in [2.75, 3.05) is 0 Å². The molecule has 1 nitrogen and oxygen atoms in total. The average molecular weight is 411 g/mol. The Balaban J connectivity index is 0. The molecule has 2 N–H and O–H groups in total. The van der Waals surface area contributed by atoms with Crippen molar-refractivity contribution in [2.24, 2.45) is 11.7 Å². The smallest absolute Gasteiger partial charge is 0.0182 e. The van der Waals surface area contributed by atoms with Crippen LogP contribution in [0.4, 0.5) is 0 Å². The Morgan fingerprint density at radius 2 is 1.10 bits per heavy atom. The number of hydrogen-bond donors (Lipinski definition) is 1. The normalized spacial score (nSPS) is 13.0. The van der Waals surface area contributed by atoms with E-state index >= 15 is 0 Å². The predicted molar refractivity (Wildman–Crippen MR) is 109 cm³/mol. The van der Waals surface area contributed by atoms with E-state index in [1.54, 1.807) is 0 Å². The lowest BCUT2D eigenvalue weighted by molar-refractivity contribution is 0.193. The van der Waals surface area contributed by atoms with Crippen LogP contribution in [-0.4, -0.2) is 5.54 Å². The van der Waals surface area contributed by atoms with Crippen molar-refractivity contribution in [2.45, 2.75) is 117 Å². The van der Waals surface area contributed by atoms with Crippen molar-refractivity contribution in [3.8, 4) is 0 Å². The van der Waals surface area contributed by atoms with Crippen molar-refractivity contribution in [3.05, 3.63) is 0 Å². The van der Waals surface area contributed by atoms with Gasteiger partial charge in [-0.2, -0.15) is 0 Å². The summed E-state index contributed by atoms with van der Waals surface area (Å²) in [5.41, 5.74) is 7.06. The van der Waals surface area contributed by atoms with E-state index in [0.29, 0.717) is 0 Å². The molecule has 1 atom stereocenters. The van der Waals surface area contributed by atoms with Crippen LogP contribution in [0.15, 0.2) is 0 Å². The molecule has 21 heavy (non-hydrogen) atoms. The van der Waals surface area contributed by atoms with Crippen molar-refractivity contribution in [1.82, 2.24) is 0 Å². The lowest BCUT2D eigenvalue weighted by Gasteiger charge is -2.38. The molecule has 0 aliphatic heterocycles. The summed E-state index contributed by atoms with van der Waals surface area (Å²) in [6.45, 7) is 9.18. The molecule has 0 aliphatic rings. The number of nitrogens with two attached hydrogens (primary N) is 1. The lowest BCUT2D eigenvalue weighted by atomic mass is 9.72. The van der Waals surface area contributed by atoms with Gasteiger partial charge >= 0.3 is 0 Å². The highest BCUT2D eigenvalue weighted by Gasteiger charge is 2.32. The summed E-state index contributed by atoms with van der Waals surface area (Å²) >= 11 is 0. The van der Waals surface area contributed by atoms with Gasteiger partial charge in [-0.1, -0.05) is 85.5 Å². The van der Waals surface area contributed by atoms with Crippen LogP contribution in [0.5, 0.6) is 0 Å². The first kappa shape index (κ1) is 23.9. The van der Waals surface area contributed by atoms with Crippen LogP contribution in [0.3, 0.4) is 0 Å². The maximum atomic E-state index is 6.94. The van der Waals surface area contributed by atoms with E-state index in [1.807, 2.05) is 0 Å². The molecule has 0 aromatic carbocycles. The van der Waals surface area contributed by atoms with E-state index in [0.717, 1.165) is 5.92 Å². The maximum absolute atomic E-state index is 6.94. The molecule has 0 spiro atoms. The first-order valence-corrected chi connectivity index (χ1v) is 9.43. The summed E-state index contributed by atoms with van der Waals surface area (Å²) in [4.78, 5) is 0. The second-order valence-corrected chi connectivity index (χ2v) is 6.78. The molecule has 0 amide bonds. The highest BCUT2D eigenvalue weighted by molar-refractivity contribution is 14.0. The molecule has 2 heteroatoms. The minimum atomic E-state index is 0. The van der Waals surface area contributed by atoms with Crippen molar-refractivity contribution >= 4 is 24.0 Å². The van der Waals surface area contributed by atoms with Crippen LogP contribution in [0, 0.1) is 5.92 Å². The van der Waals surface area contributed by atoms with Gasteiger partial charge in [-0.05, 0) is 31.6 Å². The van der Waals surface area contributed by atoms with Gasteiger partial charge in [0.2, 0.25) is 0 Å². The number of unbranched alkanes of at least 4 members (excludes halogenated alkanes) is 5. The summed E-state index contributed by atoms with van der Waals surface area (Å²) in [7, 11) is 0. The third-order valence-electron chi connectivity index (χ3n) is 4.87. The van der Waals surface area contributed by atoms with Crippen LogP contribution < -0.4 is 5.73 Å². The zero-order valence-electron chi connectivity index (χ0n) is 15.3. The Kier molecular flexibility index (Phi) is 17.8. The first-order chi connectivity index (χ1) is 9.64. The van der Waals surface area contributed by atoms with E-state index in [2.05, 4.69) is 27.7 Å². The molecule has 0 fully saturated rings. The lowest BCUT2D eigenvalue weighted by Crippen LogP contribution is -2.47. The van der Waals surface area contributed by atoms with Gasteiger partial charge in [-0.15, -0.1) is 24.0 Å². The highest BCUT2D eigenvalue weighted by Crippen LogP contribution is 2.34. The molecule has 0 bridgehead atoms. The van der Waals surface area contributed by atoms with E-state index in [1.165, 1.54) is 83.5 Å². The Hall–Kier alpha value is 0.690. The molecule has 0 aromatic heterocycles. The van der Waals surface area contributed by atoms with Gasteiger partial charge in [0.15, 0.2) is 0 Å². The Labute approximate surface area is 152 Å². The third-order valence-corrected chi connectivity index (χ3v) is 4.87. The van der Waals surface area contributed by atoms with Gasteiger partial charge in [-0.25, -0.2) is 0 Å². The molecule has 0 heterocycles. The van der Waals surface area contributed by atoms with Crippen molar-refractivity contribution in [3.63, 3.8) is 0 Å². The molecule has 0 rings (SSSR count). The fourth-order valence-corrected chi connectivity index (χ4v) is 3.36. The number of halogens is 1. The standard InChI is InChI=1S/C19H41N.HI/c1-5-9-13-15-18(14-10-6-2)19(20,16-11-7-3)17-12-8-4;/h18H,5-17,20H2,1-4H3;1H. The van der Waals surface area contributed by atoms with Crippen LogP contribution in [-0.2, 0) is 0 Å². The summed E-state index contributed by atoms with van der Waals surface area (Å²) in [5.74, 6) is 0.757. The van der Waals surface area contributed by atoms with E-state index in [-0.39, 0.29) is 29.5 Å². The number of rotatable bonds is 14. The van der Waals surface area contributed by atoms with Crippen LogP contribution in [0.2, 0.25) is 0 Å². The molecular formula is C19H42IN. The third kappa shape index (κ3) is 11.0. The predicted octanol–water partition coefficient (Wildman–Crippen LogP) is 7.07. The molecule has 0 aliphatic carbocycles. The van der Waals surface area contributed by atoms with Crippen molar-refractivity contribution in [1.29, 1.82) is 0 Å². The van der Waals surface area contributed by atoms with Crippen LogP contribution >= 0.6 is 24.0 Å². The van der Waals surface area contributed by atoms with Gasteiger partial charge in [0.1, 0.15) is 0 Å². The molecule has 0 saturated heterocycles. The summed E-state index contributed by atoms with van der Waals surface area (Å²) < 4.78 is 0. The fourth-order valence-electron chi connectivity index (χ4n) is 3.36. The molecule has 130 valence electrons. The molecule has 0 radical (unpaired) electrons. The van der Waals surface area contributed by atoms with Gasteiger partial charge in [0.25, 0.3) is 0 Å². The van der Waals surface area contributed by atoms with Crippen LogP contribution in [0.25, 0.3) is 0 Å². The highest BCUT2D eigenvalue weighted by atomic mass is 127. The SMILES string of the molecule is CCCCCC(CCCC)C(N)(CCCC)CCCC.I. The van der Waals surface area contributed by atoms with E-state index < -0.39 is 0 Å². The van der Waals surface area contributed by atoms with Gasteiger partial charge in [-0.3, -0.25) is 0 Å². The summed E-state index contributed by atoms with van der Waals surface area (Å²) in [5, 5.41) is 0. The second-order valence-electron chi connectivity index (χ2n) is 6.78. The van der Waals surface area contributed by atoms with Crippen LogP contribution in [0.1, 0.15) is 111 Å². The maximum Gasteiger partial charge on any atom is 0.0182 e. The fraction of sp³-hybridized carbons (Fsp3) is 1.00. The second kappa shape index (κ2) is 15.6. The first-order valence-electron chi connectivity index (χ1n) is 9.43. The van der Waals surface area contributed by atoms with E-state index in [4.69, 9.17) is 5.73 Å². The molecule has 0 aromatic rings. The van der Waals surface area contributed by atoms with E-state index in [9.17, 15) is 0 Å². The molecule has 1 unspecified atom stereocenters. The quantitative estimate of drug-likeness (QED) is 0.240. The summed E-state index contributed by atoms with van der Waals surface area (Å²) in [6.07, 6.45) is 17.1. The van der Waals surface area contributed by atoms with Gasteiger partial charge < -0.3 is 5.73 Å². The Morgan fingerprint density at radius 1 is 0.667 bits per heavy atom. The monoisotopic (exact) mass is 411 g/mol.